The fraction of sp³-hybridized carbons (Fsp3) is 1.00. The van der Waals surface area contributed by atoms with Crippen LogP contribution in [0.25, 0.3) is 0 Å². The quantitative estimate of drug-likeness (QED) is 0.662. The Bertz CT molecular complexity index is 169. The SMILES string of the molecule is ClC1CCN(CCCN2CCCC2)C1. The molecule has 0 aromatic rings. The Labute approximate surface area is 92.2 Å². The zero-order valence-electron chi connectivity index (χ0n) is 8.92. The summed E-state index contributed by atoms with van der Waals surface area (Å²) in [5.74, 6) is 0. The Morgan fingerprint density at radius 3 is 2.36 bits per heavy atom. The highest BCUT2D eigenvalue weighted by atomic mass is 35.5. The number of halogens is 1. The van der Waals surface area contributed by atoms with Crippen molar-refractivity contribution in [2.24, 2.45) is 0 Å². The minimum absolute atomic E-state index is 0.418. The molecule has 2 rings (SSSR count). The van der Waals surface area contributed by atoms with Crippen LogP contribution in [0, 0.1) is 0 Å². The van der Waals surface area contributed by atoms with Crippen molar-refractivity contribution in [2.45, 2.75) is 31.1 Å². The van der Waals surface area contributed by atoms with Gasteiger partial charge in [0.2, 0.25) is 0 Å². The van der Waals surface area contributed by atoms with Crippen LogP contribution in [0.5, 0.6) is 0 Å². The molecule has 2 nitrogen and oxygen atoms in total. The van der Waals surface area contributed by atoms with Gasteiger partial charge in [0.15, 0.2) is 0 Å². The lowest BCUT2D eigenvalue weighted by atomic mass is 10.3. The van der Waals surface area contributed by atoms with E-state index in [1.165, 1.54) is 58.4 Å². The van der Waals surface area contributed by atoms with Crippen molar-refractivity contribution in [2.75, 3.05) is 39.3 Å². The molecule has 2 aliphatic heterocycles. The summed E-state index contributed by atoms with van der Waals surface area (Å²) in [6.45, 7) is 7.54. The molecule has 3 heteroatoms. The van der Waals surface area contributed by atoms with E-state index in [0.29, 0.717) is 5.38 Å². The first kappa shape index (κ1) is 10.7. The molecule has 2 fully saturated rings. The van der Waals surface area contributed by atoms with Crippen LogP contribution in [0.2, 0.25) is 0 Å². The molecule has 0 aliphatic carbocycles. The van der Waals surface area contributed by atoms with E-state index in [9.17, 15) is 0 Å². The molecule has 2 saturated heterocycles. The third-order valence-electron chi connectivity index (χ3n) is 3.36. The van der Waals surface area contributed by atoms with Crippen LogP contribution in [0.4, 0.5) is 0 Å². The molecule has 0 N–H and O–H groups in total. The number of hydrogen-bond acceptors (Lipinski definition) is 2. The predicted octanol–water partition coefficient (Wildman–Crippen LogP) is 1.79. The van der Waals surface area contributed by atoms with E-state index in [4.69, 9.17) is 11.6 Å². The van der Waals surface area contributed by atoms with Crippen LogP contribution >= 0.6 is 11.6 Å². The Hall–Kier alpha value is 0.210. The Balaban J connectivity index is 1.54. The van der Waals surface area contributed by atoms with E-state index >= 15 is 0 Å². The van der Waals surface area contributed by atoms with Gasteiger partial charge in [-0.15, -0.1) is 11.6 Å². The van der Waals surface area contributed by atoms with E-state index in [1.807, 2.05) is 0 Å². The second-order valence-corrected chi connectivity index (χ2v) is 5.21. The van der Waals surface area contributed by atoms with Gasteiger partial charge in [-0.2, -0.15) is 0 Å². The average molecular weight is 217 g/mol. The third-order valence-corrected chi connectivity index (χ3v) is 3.72. The Kier molecular flexibility index (Phi) is 4.09. The molecule has 2 aliphatic rings. The molecule has 1 unspecified atom stereocenters. The van der Waals surface area contributed by atoms with Crippen LogP contribution < -0.4 is 0 Å². The van der Waals surface area contributed by atoms with Gasteiger partial charge in [0, 0.05) is 11.9 Å². The normalized spacial score (nSPS) is 30.2. The molecule has 1 atom stereocenters. The van der Waals surface area contributed by atoms with Crippen molar-refractivity contribution < 1.29 is 0 Å². The van der Waals surface area contributed by atoms with E-state index < -0.39 is 0 Å². The Morgan fingerprint density at radius 1 is 1.00 bits per heavy atom. The summed E-state index contributed by atoms with van der Waals surface area (Å²) in [5.41, 5.74) is 0. The van der Waals surface area contributed by atoms with Crippen molar-refractivity contribution in [3.63, 3.8) is 0 Å². The maximum absolute atomic E-state index is 6.06. The van der Waals surface area contributed by atoms with Gasteiger partial charge in [-0.1, -0.05) is 0 Å². The molecule has 82 valence electrons. The molecule has 0 spiro atoms. The number of rotatable bonds is 4. The molecule has 0 bridgehead atoms. The molecule has 0 aromatic heterocycles. The van der Waals surface area contributed by atoms with Crippen LogP contribution in [-0.4, -0.2) is 54.4 Å². The van der Waals surface area contributed by atoms with Crippen LogP contribution in [-0.2, 0) is 0 Å². The average Bonchev–Trinajstić information content (AvgIpc) is 2.77. The van der Waals surface area contributed by atoms with Crippen molar-refractivity contribution in [1.29, 1.82) is 0 Å². The van der Waals surface area contributed by atoms with Crippen LogP contribution in [0.3, 0.4) is 0 Å². The van der Waals surface area contributed by atoms with Crippen molar-refractivity contribution in [1.82, 2.24) is 9.80 Å². The molecule has 0 saturated carbocycles. The van der Waals surface area contributed by atoms with Gasteiger partial charge in [-0.25, -0.2) is 0 Å². The molecular formula is C11H21ClN2. The number of alkyl halides is 1. The summed E-state index contributed by atoms with van der Waals surface area (Å²) in [6, 6.07) is 0. The van der Waals surface area contributed by atoms with E-state index in [-0.39, 0.29) is 0 Å². The summed E-state index contributed by atoms with van der Waals surface area (Å²) < 4.78 is 0. The van der Waals surface area contributed by atoms with Crippen molar-refractivity contribution in [3.8, 4) is 0 Å². The highest BCUT2D eigenvalue weighted by molar-refractivity contribution is 6.20. The predicted molar refractivity (Wildman–Crippen MR) is 61.0 cm³/mol. The first-order chi connectivity index (χ1) is 6.84. The van der Waals surface area contributed by atoms with Gasteiger partial charge < -0.3 is 9.80 Å². The zero-order valence-corrected chi connectivity index (χ0v) is 9.68. The maximum Gasteiger partial charge on any atom is 0.0475 e. The summed E-state index contributed by atoms with van der Waals surface area (Å²) >= 11 is 6.06. The summed E-state index contributed by atoms with van der Waals surface area (Å²) in [7, 11) is 0. The topological polar surface area (TPSA) is 6.48 Å². The summed E-state index contributed by atoms with van der Waals surface area (Å²) in [6.07, 6.45) is 5.33. The zero-order chi connectivity index (χ0) is 9.80. The summed E-state index contributed by atoms with van der Waals surface area (Å²) in [5, 5.41) is 0.418. The minimum Gasteiger partial charge on any atom is -0.303 e. The van der Waals surface area contributed by atoms with Crippen molar-refractivity contribution >= 4 is 11.6 Å². The number of nitrogens with zero attached hydrogens (tertiary/aromatic N) is 2. The number of hydrogen-bond donors (Lipinski definition) is 0. The fourth-order valence-electron chi connectivity index (χ4n) is 2.51. The summed E-state index contributed by atoms with van der Waals surface area (Å²) in [4.78, 5) is 5.10. The molecule has 2 heterocycles. The second kappa shape index (κ2) is 5.34. The van der Waals surface area contributed by atoms with Crippen LogP contribution in [0.1, 0.15) is 25.7 Å². The van der Waals surface area contributed by atoms with E-state index in [2.05, 4.69) is 9.80 Å². The van der Waals surface area contributed by atoms with Crippen LogP contribution in [0.15, 0.2) is 0 Å². The molecule has 0 amide bonds. The minimum atomic E-state index is 0.418. The third kappa shape index (κ3) is 3.11. The van der Waals surface area contributed by atoms with Crippen molar-refractivity contribution in [3.05, 3.63) is 0 Å². The lowest BCUT2D eigenvalue weighted by Crippen LogP contribution is -2.27. The first-order valence-corrected chi connectivity index (χ1v) is 6.37. The Morgan fingerprint density at radius 2 is 1.71 bits per heavy atom. The lowest BCUT2D eigenvalue weighted by Gasteiger charge is -2.18. The van der Waals surface area contributed by atoms with Gasteiger partial charge in [0.1, 0.15) is 0 Å². The number of likely N-dealkylation sites (tertiary alicyclic amines) is 2. The standard InChI is InChI=1S/C11H21ClN2/c12-11-4-9-14(10-11)8-3-7-13-5-1-2-6-13/h11H,1-10H2. The largest absolute Gasteiger partial charge is 0.303 e. The highest BCUT2D eigenvalue weighted by Crippen LogP contribution is 2.15. The monoisotopic (exact) mass is 216 g/mol. The molecule has 14 heavy (non-hydrogen) atoms. The fourth-order valence-corrected chi connectivity index (χ4v) is 2.81. The highest BCUT2D eigenvalue weighted by Gasteiger charge is 2.19. The lowest BCUT2D eigenvalue weighted by molar-refractivity contribution is 0.281. The van der Waals surface area contributed by atoms with Gasteiger partial charge in [0.05, 0.1) is 0 Å². The molecule has 0 aromatic carbocycles. The van der Waals surface area contributed by atoms with E-state index in [1.54, 1.807) is 0 Å². The van der Waals surface area contributed by atoms with Gasteiger partial charge in [-0.05, 0) is 58.4 Å². The van der Waals surface area contributed by atoms with Gasteiger partial charge in [0.25, 0.3) is 0 Å². The van der Waals surface area contributed by atoms with E-state index in [0.717, 1.165) is 6.54 Å². The second-order valence-electron chi connectivity index (χ2n) is 4.59. The maximum atomic E-state index is 6.06. The van der Waals surface area contributed by atoms with Gasteiger partial charge >= 0.3 is 0 Å². The smallest absolute Gasteiger partial charge is 0.0475 e. The molecular weight excluding hydrogens is 196 g/mol. The molecule has 0 radical (unpaired) electrons. The first-order valence-electron chi connectivity index (χ1n) is 5.93. The van der Waals surface area contributed by atoms with Gasteiger partial charge in [-0.3, -0.25) is 0 Å².